The number of hydrogen-bond acceptors (Lipinski definition) is 11. The lowest BCUT2D eigenvalue weighted by Gasteiger charge is -2.27. The van der Waals surface area contributed by atoms with Crippen molar-refractivity contribution >= 4 is 47.9 Å². The molecule has 2 aromatic rings. The van der Waals surface area contributed by atoms with Crippen molar-refractivity contribution in [2.75, 3.05) is 62.5 Å². The van der Waals surface area contributed by atoms with Crippen LogP contribution < -0.4 is 19.9 Å². The monoisotopic (exact) mass is 587 g/mol. The fourth-order valence-electron chi connectivity index (χ4n) is 3.65. The summed E-state index contributed by atoms with van der Waals surface area (Å²) in [6.45, 7) is 6.18. The summed E-state index contributed by atoms with van der Waals surface area (Å²) >= 11 is 0. The molecule has 0 spiro atoms. The van der Waals surface area contributed by atoms with Gasteiger partial charge in [-0.1, -0.05) is 12.1 Å². The first-order chi connectivity index (χ1) is 19.9. The zero-order chi connectivity index (χ0) is 31.4. The van der Waals surface area contributed by atoms with E-state index in [1.165, 1.54) is 30.3 Å². The maximum absolute atomic E-state index is 13.1. The Morgan fingerprint density at radius 1 is 1.05 bits per heavy atom. The van der Waals surface area contributed by atoms with Crippen molar-refractivity contribution in [2.45, 2.75) is 33.2 Å². The van der Waals surface area contributed by atoms with Crippen LogP contribution >= 0.6 is 0 Å². The Hall–Kier alpha value is -4.95. The van der Waals surface area contributed by atoms with Crippen LogP contribution in [0.5, 0.6) is 5.75 Å². The van der Waals surface area contributed by atoms with Gasteiger partial charge in [-0.25, -0.2) is 24.3 Å². The van der Waals surface area contributed by atoms with E-state index in [0.29, 0.717) is 23.6 Å². The number of carboxylic acids is 1. The molecule has 0 radical (unpaired) electrons. The van der Waals surface area contributed by atoms with Crippen LogP contribution in [0, 0.1) is 0 Å². The number of hydrogen-bond donors (Lipinski definition) is 2. The van der Waals surface area contributed by atoms with Crippen molar-refractivity contribution in [2.24, 2.45) is 0 Å². The Morgan fingerprint density at radius 3 is 2.21 bits per heavy atom. The largest absolute Gasteiger partial charge is 0.480 e. The second-order valence-corrected chi connectivity index (χ2v) is 9.14. The molecule has 1 unspecified atom stereocenters. The highest BCUT2D eigenvalue weighted by atomic mass is 16.6. The minimum Gasteiger partial charge on any atom is -0.480 e. The van der Waals surface area contributed by atoms with Crippen LogP contribution in [0.1, 0.15) is 26.3 Å². The van der Waals surface area contributed by atoms with Crippen LogP contribution in [0.25, 0.3) is 0 Å². The van der Waals surface area contributed by atoms with E-state index in [2.05, 4.69) is 15.3 Å². The lowest BCUT2D eigenvalue weighted by molar-refractivity contribution is -0.143. The third-order valence-electron chi connectivity index (χ3n) is 5.91. The van der Waals surface area contributed by atoms with Crippen LogP contribution in [-0.4, -0.2) is 109 Å². The van der Waals surface area contributed by atoms with Crippen molar-refractivity contribution in [1.82, 2.24) is 19.8 Å². The van der Waals surface area contributed by atoms with Crippen LogP contribution in [0.2, 0.25) is 0 Å². The van der Waals surface area contributed by atoms with E-state index >= 15 is 0 Å². The number of rotatable bonds is 14. The topological polar surface area (TPSA) is 175 Å². The van der Waals surface area contributed by atoms with Crippen molar-refractivity contribution in [1.29, 1.82) is 0 Å². The number of benzene rings is 1. The molecular formula is C27H37N7O8. The van der Waals surface area contributed by atoms with E-state index in [4.69, 9.17) is 9.47 Å². The standard InChI is InChI=1S/C27H37N7O8/c1-7-33(8-2)25-28-15-21(34(17-35)26(39)32(6)16-22(36)41-9-3)23(30-25)29-20(24(37)38)14-18-10-12-19(13-11-18)42-27(40)31(4)5/h10-13,15,17,20H,7-9,14,16H2,1-6H3,(H,37,38)(H,28,29,30). The van der Waals surface area contributed by atoms with Gasteiger partial charge in [-0.05, 0) is 38.5 Å². The number of esters is 1. The summed E-state index contributed by atoms with van der Waals surface area (Å²) < 4.78 is 10.1. The van der Waals surface area contributed by atoms with E-state index < -0.39 is 36.6 Å². The van der Waals surface area contributed by atoms with Gasteiger partial charge in [0.05, 0.1) is 12.8 Å². The molecule has 2 rings (SSSR count). The number of amides is 4. The van der Waals surface area contributed by atoms with Crippen molar-refractivity contribution in [3.8, 4) is 5.75 Å². The van der Waals surface area contributed by atoms with Gasteiger partial charge in [0.15, 0.2) is 5.82 Å². The Bertz CT molecular complexity index is 1250. The Kier molecular flexibility index (Phi) is 12.5. The molecule has 0 aliphatic carbocycles. The minimum atomic E-state index is -1.25. The average molecular weight is 588 g/mol. The molecule has 42 heavy (non-hydrogen) atoms. The predicted octanol–water partition coefficient (Wildman–Crippen LogP) is 2.07. The number of imide groups is 1. The van der Waals surface area contributed by atoms with Crippen molar-refractivity contribution in [3.63, 3.8) is 0 Å². The molecular weight excluding hydrogens is 550 g/mol. The second-order valence-electron chi connectivity index (χ2n) is 9.14. The van der Waals surface area contributed by atoms with Gasteiger partial charge in [0.2, 0.25) is 12.4 Å². The van der Waals surface area contributed by atoms with E-state index in [1.807, 2.05) is 13.8 Å². The number of carbonyl (C=O) groups excluding carboxylic acids is 4. The quantitative estimate of drug-likeness (QED) is 0.244. The minimum absolute atomic E-state index is 0.0287. The summed E-state index contributed by atoms with van der Waals surface area (Å²) in [6.07, 6.45) is 0.878. The molecule has 2 N–H and O–H groups in total. The zero-order valence-corrected chi connectivity index (χ0v) is 24.6. The summed E-state index contributed by atoms with van der Waals surface area (Å²) in [5, 5.41) is 12.9. The maximum Gasteiger partial charge on any atom is 0.414 e. The first-order valence-corrected chi connectivity index (χ1v) is 13.2. The van der Waals surface area contributed by atoms with Gasteiger partial charge in [0.25, 0.3) is 0 Å². The lowest BCUT2D eigenvalue weighted by atomic mass is 10.1. The number of nitrogens with zero attached hydrogens (tertiary/aromatic N) is 6. The number of aliphatic carboxylic acids is 1. The Morgan fingerprint density at radius 2 is 1.69 bits per heavy atom. The average Bonchev–Trinajstić information content (AvgIpc) is 2.95. The van der Waals surface area contributed by atoms with Gasteiger partial charge < -0.3 is 34.6 Å². The lowest BCUT2D eigenvalue weighted by Crippen LogP contribution is -2.44. The molecule has 228 valence electrons. The summed E-state index contributed by atoms with van der Waals surface area (Å²) in [5.74, 6) is -1.44. The molecule has 4 amide bonds. The number of carboxylic acid groups (broad SMARTS) is 1. The fourth-order valence-corrected chi connectivity index (χ4v) is 3.65. The molecule has 1 heterocycles. The second kappa shape index (κ2) is 15.7. The highest BCUT2D eigenvalue weighted by molar-refractivity contribution is 6.08. The van der Waals surface area contributed by atoms with Gasteiger partial charge in [0.1, 0.15) is 24.0 Å². The first kappa shape index (κ1) is 33.3. The third kappa shape index (κ3) is 9.04. The molecule has 0 aliphatic rings. The number of ether oxygens (including phenoxy) is 2. The van der Waals surface area contributed by atoms with E-state index in [0.717, 1.165) is 4.90 Å². The van der Waals surface area contributed by atoms with Gasteiger partial charge in [-0.3, -0.25) is 9.59 Å². The highest BCUT2D eigenvalue weighted by Crippen LogP contribution is 2.27. The van der Waals surface area contributed by atoms with Crippen molar-refractivity contribution < 1.29 is 38.6 Å². The molecule has 0 bridgehead atoms. The molecule has 0 saturated heterocycles. The van der Waals surface area contributed by atoms with Crippen LogP contribution in [0.4, 0.5) is 27.0 Å². The normalized spacial score (nSPS) is 11.1. The highest BCUT2D eigenvalue weighted by Gasteiger charge is 2.28. The zero-order valence-electron chi connectivity index (χ0n) is 24.6. The smallest absolute Gasteiger partial charge is 0.414 e. The SMILES string of the molecule is CCOC(=O)CN(C)C(=O)N(C=O)c1cnc(N(CC)CC)nc1NC(Cc1ccc(OC(=O)N(C)C)cc1)C(=O)O. The number of likely N-dealkylation sites (N-methyl/N-ethyl adjacent to an activating group) is 1. The van der Waals surface area contributed by atoms with Crippen LogP contribution in [0.15, 0.2) is 30.5 Å². The maximum atomic E-state index is 13.1. The summed E-state index contributed by atoms with van der Waals surface area (Å²) in [7, 11) is 4.41. The van der Waals surface area contributed by atoms with Gasteiger partial charge in [-0.2, -0.15) is 4.98 Å². The van der Waals surface area contributed by atoms with Crippen LogP contribution in [-0.2, 0) is 25.5 Å². The number of aromatic nitrogens is 2. The number of nitrogens with one attached hydrogen (secondary N) is 1. The Balaban J connectivity index is 2.42. The van der Waals surface area contributed by atoms with Gasteiger partial charge in [-0.15, -0.1) is 0 Å². The molecule has 0 aliphatic heterocycles. The molecule has 0 saturated carbocycles. The molecule has 15 heteroatoms. The molecule has 1 aromatic carbocycles. The number of anilines is 3. The number of carbonyl (C=O) groups is 5. The molecule has 15 nitrogen and oxygen atoms in total. The molecule has 0 fully saturated rings. The number of urea groups is 1. The van der Waals surface area contributed by atoms with Gasteiger partial charge in [0, 0.05) is 40.7 Å². The molecule has 1 atom stereocenters. The van der Waals surface area contributed by atoms with Crippen molar-refractivity contribution in [3.05, 3.63) is 36.0 Å². The fraction of sp³-hybridized carbons (Fsp3) is 0.444. The molecule has 1 aromatic heterocycles. The summed E-state index contributed by atoms with van der Waals surface area (Å²) in [5.41, 5.74) is 0.482. The van der Waals surface area contributed by atoms with E-state index in [9.17, 15) is 29.1 Å². The Labute approximate surface area is 244 Å². The van der Waals surface area contributed by atoms with E-state index in [1.54, 1.807) is 38.1 Å². The third-order valence-corrected chi connectivity index (χ3v) is 5.91. The first-order valence-electron chi connectivity index (χ1n) is 13.2. The van der Waals surface area contributed by atoms with Crippen LogP contribution in [0.3, 0.4) is 0 Å². The van der Waals surface area contributed by atoms with E-state index in [-0.39, 0.29) is 42.6 Å². The van der Waals surface area contributed by atoms with Gasteiger partial charge >= 0.3 is 24.1 Å². The predicted molar refractivity (Wildman–Crippen MR) is 154 cm³/mol. The summed E-state index contributed by atoms with van der Waals surface area (Å²) in [4.78, 5) is 74.7. The summed E-state index contributed by atoms with van der Waals surface area (Å²) in [6, 6.07) is 4.18.